The summed E-state index contributed by atoms with van der Waals surface area (Å²) in [6, 6.07) is 7.88. The first-order chi connectivity index (χ1) is 13.7. The number of hydrogen-bond donors (Lipinski definition) is 1. The van der Waals surface area contributed by atoms with Gasteiger partial charge in [-0.1, -0.05) is 22.0 Å². The van der Waals surface area contributed by atoms with Crippen LogP contribution < -0.4 is 10.9 Å². The highest BCUT2D eigenvalue weighted by molar-refractivity contribution is 9.10. The van der Waals surface area contributed by atoms with Crippen molar-refractivity contribution in [2.24, 2.45) is 0 Å². The van der Waals surface area contributed by atoms with E-state index < -0.39 is 5.60 Å². The number of ether oxygens (including phenoxy) is 1. The number of amides is 1. The summed E-state index contributed by atoms with van der Waals surface area (Å²) < 4.78 is 8.36. The molecule has 1 aromatic heterocycles. The van der Waals surface area contributed by atoms with Crippen LogP contribution in [0.3, 0.4) is 0 Å². The minimum absolute atomic E-state index is 0.0691. The molecule has 1 atom stereocenters. The molecule has 1 fully saturated rings. The number of rotatable bonds is 3. The van der Waals surface area contributed by atoms with Crippen molar-refractivity contribution in [3.05, 3.63) is 44.7 Å². The van der Waals surface area contributed by atoms with Crippen molar-refractivity contribution < 1.29 is 9.53 Å². The van der Waals surface area contributed by atoms with Gasteiger partial charge in [0.1, 0.15) is 5.60 Å². The maximum atomic E-state index is 12.4. The number of halogens is 1. The van der Waals surface area contributed by atoms with E-state index in [9.17, 15) is 9.59 Å². The second-order valence-electron chi connectivity index (χ2n) is 9.10. The molecule has 0 radical (unpaired) electrons. The quantitative estimate of drug-likeness (QED) is 0.753. The Morgan fingerprint density at radius 2 is 1.90 bits per heavy atom. The van der Waals surface area contributed by atoms with Gasteiger partial charge in [0, 0.05) is 48.7 Å². The Labute approximate surface area is 179 Å². The van der Waals surface area contributed by atoms with Crippen molar-refractivity contribution >= 4 is 32.9 Å². The molecule has 2 aliphatic rings. The standard InChI is InChI=1S/C22H28BrN3O3/c1-22(2,3)29-21(28)24-16-8-10-25(11-9-16)12-15-13-26-18(27)7-5-14-4-6-17(23)19(15)20(14)26/h4-7,15-16H,8-13H2,1-3H3,(H,24,28). The highest BCUT2D eigenvalue weighted by Crippen LogP contribution is 2.38. The Hall–Kier alpha value is -1.86. The lowest BCUT2D eigenvalue weighted by Crippen LogP contribution is -2.46. The third kappa shape index (κ3) is 4.36. The SMILES string of the molecule is CC(C)(C)OC(=O)NC1CCN(CC2Cn3c(=O)ccc4ccc(Br)c2c43)CC1. The lowest BCUT2D eigenvalue weighted by molar-refractivity contribution is 0.0477. The molecule has 6 nitrogen and oxygen atoms in total. The second kappa shape index (κ2) is 7.76. The van der Waals surface area contributed by atoms with Crippen molar-refractivity contribution in [3.63, 3.8) is 0 Å². The Balaban J connectivity index is 1.39. The molecule has 0 saturated carbocycles. The minimum atomic E-state index is -0.477. The summed E-state index contributed by atoms with van der Waals surface area (Å²) in [7, 11) is 0. The van der Waals surface area contributed by atoms with Crippen LogP contribution in [0.4, 0.5) is 4.79 Å². The smallest absolute Gasteiger partial charge is 0.407 e. The molecule has 1 N–H and O–H groups in total. The fourth-order valence-electron chi connectivity index (χ4n) is 4.47. The van der Waals surface area contributed by atoms with Gasteiger partial charge in [0.05, 0.1) is 5.52 Å². The largest absolute Gasteiger partial charge is 0.444 e. The van der Waals surface area contributed by atoms with Crippen LogP contribution in [0.2, 0.25) is 0 Å². The molecule has 4 rings (SSSR count). The molecule has 29 heavy (non-hydrogen) atoms. The third-order valence-corrected chi connectivity index (χ3v) is 6.43. The first-order valence-electron chi connectivity index (χ1n) is 10.2. The van der Waals surface area contributed by atoms with Gasteiger partial charge in [-0.15, -0.1) is 0 Å². The topological polar surface area (TPSA) is 63.6 Å². The summed E-state index contributed by atoms with van der Waals surface area (Å²) in [5.74, 6) is 0.290. The van der Waals surface area contributed by atoms with E-state index in [-0.39, 0.29) is 17.7 Å². The number of carbonyl (C=O) groups is 1. The Bertz CT molecular complexity index is 987. The predicted molar refractivity (Wildman–Crippen MR) is 117 cm³/mol. The van der Waals surface area contributed by atoms with E-state index in [1.807, 2.05) is 31.4 Å². The first-order valence-corrected chi connectivity index (χ1v) is 11.0. The van der Waals surface area contributed by atoms with Crippen molar-refractivity contribution in [2.75, 3.05) is 19.6 Å². The molecule has 1 unspecified atom stereocenters. The highest BCUT2D eigenvalue weighted by Gasteiger charge is 2.31. The summed E-state index contributed by atoms with van der Waals surface area (Å²) >= 11 is 3.71. The maximum absolute atomic E-state index is 12.4. The van der Waals surface area contributed by atoms with Gasteiger partial charge in [0.25, 0.3) is 5.56 Å². The van der Waals surface area contributed by atoms with Gasteiger partial charge in [0.15, 0.2) is 0 Å². The van der Waals surface area contributed by atoms with E-state index in [1.165, 1.54) is 5.56 Å². The van der Waals surface area contributed by atoms with Crippen LogP contribution in [0.25, 0.3) is 10.9 Å². The lowest BCUT2D eigenvalue weighted by atomic mass is 9.97. The van der Waals surface area contributed by atoms with E-state index in [0.29, 0.717) is 5.92 Å². The van der Waals surface area contributed by atoms with Crippen LogP contribution in [0, 0.1) is 0 Å². The van der Waals surface area contributed by atoms with Gasteiger partial charge in [-0.2, -0.15) is 0 Å². The number of nitrogens with zero attached hydrogens (tertiary/aromatic N) is 2. The first kappa shape index (κ1) is 20.4. The summed E-state index contributed by atoms with van der Waals surface area (Å²) in [6.07, 6.45) is 1.48. The van der Waals surface area contributed by atoms with Crippen molar-refractivity contribution in [3.8, 4) is 0 Å². The Morgan fingerprint density at radius 3 is 2.59 bits per heavy atom. The summed E-state index contributed by atoms with van der Waals surface area (Å²) in [6.45, 7) is 9.12. The van der Waals surface area contributed by atoms with Crippen molar-refractivity contribution in [1.82, 2.24) is 14.8 Å². The molecule has 2 aromatic rings. The molecule has 0 bridgehead atoms. The maximum Gasteiger partial charge on any atom is 0.407 e. The van der Waals surface area contributed by atoms with Crippen LogP contribution >= 0.6 is 15.9 Å². The van der Waals surface area contributed by atoms with Crippen molar-refractivity contribution in [2.45, 2.75) is 57.7 Å². The Kier molecular flexibility index (Phi) is 5.46. The number of alkyl carbamates (subject to hydrolysis) is 1. The van der Waals surface area contributed by atoms with Crippen LogP contribution in [-0.4, -0.2) is 46.8 Å². The number of nitrogens with one attached hydrogen (secondary N) is 1. The van der Waals surface area contributed by atoms with E-state index in [1.54, 1.807) is 6.07 Å². The average Bonchev–Trinajstić information content (AvgIpc) is 3.01. The summed E-state index contributed by atoms with van der Waals surface area (Å²) in [4.78, 5) is 26.8. The zero-order valence-corrected chi connectivity index (χ0v) is 18.8. The third-order valence-electron chi connectivity index (χ3n) is 5.73. The molecule has 0 spiro atoms. The van der Waals surface area contributed by atoms with Gasteiger partial charge >= 0.3 is 6.09 Å². The van der Waals surface area contributed by atoms with Crippen LogP contribution in [0.5, 0.6) is 0 Å². The number of hydrogen-bond acceptors (Lipinski definition) is 4. The molecular weight excluding hydrogens is 434 g/mol. The number of aromatic nitrogens is 1. The van der Waals surface area contributed by atoms with Gasteiger partial charge < -0.3 is 19.5 Å². The Morgan fingerprint density at radius 1 is 1.21 bits per heavy atom. The molecule has 7 heteroatoms. The fourth-order valence-corrected chi connectivity index (χ4v) is 5.12. The van der Waals surface area contributed by atoms with Crippen molar-refractivity contribution in [1.29, 1.82) is 0 Å². The summed E-state index contributed by atoms with van der Waals surface area (Å²) in [5, 5.41) is 4.11. The number of benzene rings is 1. The number of carbonyl (C=O) groups excluding carboxylic acids is 1. The average molecular weight is 462 g/mol. The molecule has 3 heterocycles. The van der Waals surface area contributed by atoms with Crippen LogP contribution in [-0.2, 0) is 11.3 Å². The molecule has 156 valence electrons. The van der Waals surface area contributed by atoms with Crippen LogP contribution in [0.15, 0.2) is 33.5 Å². The number of pyridine rings is 1. The molecule has 2 aliphatic heterocycles. The van der Waals surface area contributed by atoms with Crippen LogP contribution in [0.1, 0.15) is 45.1 Å². The van der Waals surface area contributed by atoms with Gasteiger partial charge in [-0.3, -0.25) is 4.79 Å². The molecular formula is C22H28BrN3O3. The summed E-state index contributed by atoms with van der Waals surface area (Å²) in [5.41, 5.74) is 1.90. The fraction of sp³-hybridized carbons (Fsp3) is 0.545. The van der Waals surface area contributed by atoms with E-state index >= 15 is 0 Å². The normalized spacial score (nSPS) is 20.2. The molecule has 1 aromatic carbocycles. The van der Waals surface area contributed by atoms with Gasteiger partial charge in [-0.05, 0) is 56.7 Å². The monoisotopic (exact) mass is 461 g/mol. The van der Waals surface area contributed by atoms with E-state index in [2.05, 4.69) is 38.3 Å². The second-order valence-corrected chi connectivity index (χ2v) is 9.95. The molecule has 1 saturated heterocycles. The van der Waals surface area contributed by atoms with E-state index in [0.717, 1.165) is 54.4 Å². The van der Waals surface area contributed by atoms with Gasteiger partial charge in [-0.25, -0.2) is 4.79 Å². The number of likely N-dealkylation sites (tertiary alicyclic amines) is 1. The number of piperidine rings is 1. The minimum Gasteiger partial charge on any atom is -0.444 e. The zero-order chi connectivity index (χ0) is 20.8. The molecule has 0 aliphatic carbocycles. The van der Waals surface area contributed by atoms with E-state index in [4.69, 9.17) is 4.74 Å². The lowest BCUT2D eigenvalue weighted by Gasteiger charge is -2.34. The predicted octanol–water partition coefficient (Wildman–Crippen LogP) is 3.85. The van der Waals surface area contributed by atoms with Gasteiger partial charge in [0.2, 0.25) is 0 Å². The highest BCUT2D eigenvalue weighted by atomic mass is 79.9. The zero-order valence-electron chi connectivity index (χ0n) is 17.2. The molecule has 1 amide bonds.